The van der Waals surface area contributed by atoms with Crippen LogP contribution in [-0.4, -0.2) is 25.0 Å². The van der Waals surface area contributed by atoms with Gasteiger partial charge < -0.3 is 4.90 Å². The van der Waals surface area contributed by atoms with Gasteiger partial charge in [-0.3, -0.25) is 0 Å². The molecule has 0 heterocycles. The van der Waals surface area contributed by atoms with Gasteiger partial charge in [-0.05, 0) is 61.2 Å². The molecule has 0 amide bonds. The van der Waals surface area contributed by atoms with E-state index in [1.54, 1.807) is 5.56 Å². The normalized spacial score (nSPS) is 18.2. The highest BCUT2D eigenvalue weighted by Crippen LogP contribution is 2.38. The summed E-state index contributed by atoms with van der Waals surface area (Å²) in [5, 5.41) is 0. The molecule has 1 aliphatic carbocycles. The van der Waals surface area contributed by atoms with Crippen LogP contribution in [0.15, 0.2) is 78.9 Å². The lowest BCUT2D eigenvalue weighted by Crippen LogP contribution is -2.32. The molecule has 3 aromatic rings. The van der Waals surface area contributed by atoms with Crippen molar-refractivity contribution in [1.82, 2.24) is 4.90 Å². The van der Waals surface area contributed by atoms with Gasteiger partial charge in [-0.2, -0.15) is 0 Å². The summed E-state index contributed by atoms with van der Waals surface area (Å²) < 4.78 is 0. The van der Waals surface area contributed by atoms with Crippen molar-refractivity contribution in [2.45, 2.75) is 31.2 Å². The van der Waals surface area contributed by atoms with Crippen molar-refractivity contribution in [2.24, 2.45) is 0 Å². The zero-order valence-electron chi connectivity index (χ0n) is 16.1. The molecular weight excluding hydrogens is 350 g/mol. The molecule has 0 fully saturated rings. The van der Waals surface area contributed by atoms with E-state index < -0.39 is 0 Å². The predicted octanol–water partition coefficient (Wildman–Crippen LogP) is 5.51. The maximum atomic E-state index is 2.41. The Morgan fingerprint density at radius 1 is 0.778 bits per heavy atom. The Hall–Kier alpha value is -2.09. The van der Waals surface area contributed by atoms with Crippen molar-refractivity contribution in [3.8, 4) is 0 Å². The molecule has 0 aromatic heterocycles. The van der Waals surface area contributed by atoms with Gasteiger partial charge in [-0.1, -0.05) is 78.9 Å². The van der Waals surface area contributed by atoms with Crippen LogP contribution in [0.5, 0.6) is 0 Å². The van der Waals surface area contributed by atoms with Crippen molar-refractivity contribution in [1.29, 1.82) is 0 Å². The van der Waals surface area contributed by atoms with Crippen molar-refractivity contribution >= 4 is 12.4 Å². The third kappa shape index (κ3) is 4.26. The molecule has 0 spiro atoms. The van der Waals surface area contributed by atoms with Gasteiger partial charge in [0.05, 0.1) is 0 Å². The summed E-state index contributed by atoms with van der Waals surface area (Å²) in [6.07, 6.45) is 3.29. The fourth-order valence-electron chi connectivity index (χ4n) is 4.43. The average molecular weight is 378 g/mol. The lowest BCUT2D eigenvalue weighted by atomic mass is 9.87. The molecule has 0 saturated carbocycles. The predicted molar refractivity (Wildman–Crippen MR) is 117 cm³/mol. The molecule has 0 aliphatic heterocycles. The monoisotopic (exact) mass is 377 g/mol. The molecule has 0 radical (unpaired) electrons. The first-order valence-electron chi connectivity index (χ1n) is 9.57. The van der Waals surface area contributed by atoms with Gasteiger partial charge in [0, 0.05) is 12.0 Å². The summed E-state index contributed by atoms with van der Waals surface area (Å²) >= 11 is 0. The molecule has 2 heteroatoms. The van der Waals surface area contributed by atoms with Crippen LogP contribution in [0.2, 0.25) is 0 Å². The van der Waals surface area contributed by atoms with E-state index in [2.05, 4.69) is 97.9 Å². The Kier molecular flexibility index (Phi) is 6.36. The van der Waals surface area contributed by atoms with Crippen LogP contribution in [0, 0.1) is 0 Å². The molecule has 2 atom stereocenters. The smallest absolute Gasteiger partial charge is 0.0202 e. The van der Waals surface area contributed by atoms with E-state index in [-0.39, 0.29) is 12.4 Å². The molecular formula is C25H28ClN. The first-order valence-corrected chi connectivity index (χ1v) is 9.57. The Labute approximate surface area is 169 Å². The first-order chi connectivity index (χ1) is 12.7. The lowest BCUT2D eigenvalue weighted by Gasteiger charge is -2.27. The molecule has 3 aromatic carbocycles. The fraction of sp³-hybridized carbons (Fsp3) is 0.280. The summed E-state index contributed by atoms with van der Waals surface area (Å²) in [6, 6.07) is 29.4. The second-order valence-electron chi connectivity index (χ2n) is 7.68. The Bertz CT molecular complexity index is 872. The number of fused-ring (bicyclic) bond motifs is 1. The van der Waals surface area contributed by atoms with Crippen LogP contribution in [0.25, 0.3) is 0 Å². The number of hydrogen-bond acceptors (Lipinski definition) is 1. The quantitative estimate of drug-likeness (QED) is 0.566. The van der Waals surface area contributed by atoms with Crippen molar-refractivity contribution in [3.05, 3.63) is 107 Å². The van der Waals surface area contributed by atoms with Crippen LogP contribution in [0.1, 0.15) is 33.7 Å². The number of hydrogen-bond donors (Lipinski definition) is 0. The standard InChI is InChI=1S/C25H27N.ClH/c1-26(2)25-18-22-14-8-9-15-23(22)24(25)17-21-13-7-6-12-20(21)16-19-10-4-3-5-11-19;/h3-15,24-25H,16-18H2,1-2H3;1H/t24-,25-;/m1./s1. The number of rotatable bonds is 5. The van der Waals surface area contributed by atoms with E-state index in [1.165, 1.54) is 22.3 Å². The number of benzene rings is 3. The second-order valence-corrected chi connectivity index (χ2v) is 7.68. The Morgan fingerprint density at radius 2 is 1.41 bits per heavy atom. The highest BCUT2D eigenvalue weighted by atomic mass is 35.5. The average Bonchev–Trinajstić information content (AvgIpc) is 3.03. The van der Waals surface area contributed by atoms with Crippen LogP contribution in [-0.2, 0) is 19.3 Å². The maximum Gasteiger partial charge on any atom is 0.0202 e. The second kappa shape index (κ2) is 8.73. The largest absolute Gasteiger partial charge is 0.305 e. The van der Waals surface area contributed by atoms with E-state index in [1.807, 2.05) is 0 Å². The maximum absolute atomic E-state index is 2.41. The highest BCUT2D eigenvalue weighted by molar-refractivity contribution is 5.85. The third-order valence-corrected chi connectivity index (χ3v) is 5.81. The molecule has 27 heavy (non-hydrogen) atoms. The third-order valence-electron chi connectivity index (χ3n) is 5.81. The van der Waals surface area contributed by atoms with Crippen molar-refractivity contribution < 1.29 is 0 Å². The van der Waals surface area contributed by atoms with Gasteiger partial charge >= 0.3 is 0 Å². The molecule has 0 unspecified atom stereocenters. The van der Waals surface area contributed by atoms with E-state index in [0.717, 1.165) is 19.3 Å². The zero-order chi connectivity index (χ0) is 17.9. The first kappa shape index (κ1) is 19.7. The van der Waals surface area contributed by atoms with Gasteiger partial charge in [0.25, 0.3) is 0 Å². The van der Waals surface area contributed by atoms with Gasteiger partial charge in [-0.25, -0.2) is 0 Å². The summed E-state index contributed by atoms with van der Waals surface area (Å²) in [5.74, 6) is 0.568. The van der Waals surface area contributed by atoms with Crippen LogP contribution < -0.4 is 0 Å². The van der Waals surface area contributed by atoms with E-state index >= 15 is 0 Å². The minimum absolute atomic E-state index is 0. The van der Waals surface area contributed by atoms with Crippen molar-refractivity contribution in [2.75, 3.05) is 14.1 Å². The van der Waals surface area contributed by atoms with Crippen molar-refractivity contribution in [3.63, 3.8) is 0 Å². The summed E-state index contributed by atoms with van der Waals surface area (Å²) in [6.45, 7) is 0. The summed E-state index contributed by atoms with van der Waals surface area (Å²) in [7, 11) is 4.44. The molecule has 4 rings (SSSR count). The Morgan fingerprint density at radius 3 is 2.15 bits per heavy atom. The minimum atomic E-state index is 0. The van der Waals surface area contributed by atoms with Gasteiger partial charge in [-0.15, -0.1) is 12.4 Å². The zero-order valence-corrected chi connectivity index (χ0v) is 17.0. The van der Waals surface area contributed by atoms with E-state index in [9.17, 15) is 0 Å². The topological polar surface area (TPSA) is 3.24 Å². The molecule has 0 N–H and O–H groups in total. The molecule has 1 nitrogen and oxygen atoms in total. The molecule has 0 bridgehead atoms. The van der Waals surface area contributed by atoms with Gasteiger partial charge in [0.15, 0.2) is 0 Å². The number of likely N-dealkylation sites (N-methyl/N-ethyl adjacent to an activating group) is 1. The van der Waals surface area contributed by atoms with Crippen LogP contribution in [0.4, 0.5) is 0 Å². The number of halogens is 1. The van der Waals surface area contributed by atoms with Gasteiger partial charge in [0.2, 0.25) is 0 Å². The summed E-state index contributed by atoms with van der Waals surface area (Å²) in [4.78, 5) is 2.41. The van der Waals surface area contributed by atoms with Crippen LogP contribution >= 0.6 is 12.4 Å². The molecule has 0 saturated heterocycles. The summed E-state index contributed by atoms with van der Waals surface area (Å²) in [5.41, 5.74) is 7.40. The van der Waals surface area contributed by atoms with Crippen LogP contribution in [0.3, 0.4) is 0 Å². The minimum Gasteiger partial charge on any atom is -0.305 e. The highest BCUT2D eigenvalue weighted by Gasteiger charge is 2.33. The SMILES string of the molecule is CN(C)[C@@H]1Cc2ccccc2[C@H]1Cc1ccccc1Cc1ccccc1.Cl. The lowest BCUT2D eigenvalue weighted by molar-refractivity contribution is 0.265. The molecule has 140 valence electrons. The van der Waals surface area contributed by atoms with E-state index in [4.69, 9.17) is 0 Å². The Balaban J connectivity index is 0.00000210. The number of nitrogens with zero attached hydrogens (tertiary/aromatic N) is 1. The van der Waals surface area contributed by atoms with Gasteiger partial charge in [0.1, 0.15) is 0 Å². The molecule has 1 aliphatic rings. The fourth-order valence-corrected chi connectivity index (χ4v) is 4.43. The van der Waals surface area contributed by atoms with E-state index in [0.29, 0.717) is 12.0 Å².